The number of aliphatic hydroxyl groups is 2. The quantitative estimate of drug-likeness (QED) is 0.452. The first-order valence-electron chi connectivity index (χ1n) is 9.66. The van der Waals surface area contributed by atoms with Crippen molar-refractivity contribution in [3.63, 3.8) is 0 Å². The number of carbonyl (C=O) groups excluding carboxylic acids is 1. The molecular formula is C19H24N6O3S. The summed E-state index contributed by atoms with van der Waals surface area (Å²) in [4.78, 5) is 25.3. The highest BCUT2D eigenvalue weighted by Gasteiger charge is 2.46. The van der Waals surface area contributed by atoms with E-state index in [0.717, 1.165) is 6.42 Å². The highest BCUT2D eigenvalue weighted by atomic mass is 32.1. The topological polar surface area (TPSA) is 125 Å². The third kappa shape index (κ3) is 3.83. The molecule has 0 saturated heterocycles. The van der Waals surface area contributed by atoms with Crippen LogP contribution in [0.4, 0.5) is 5.82 Å². The first-order chi connectivity index (χ1) is 14.1. The van der Waals surface area contributed by atoms with Crippen molar-refractivity contribution >= 4 is 34.2 Å². The molecule has 3 aromatic heterocycles. The Morgan fingerprint density at radius 2 is 2.17 bits per heavy atom. The number of nitrogens with zero attached hydrogens (tertiary/aromatic N) is 4. The molecule has 0 spiro atoms. The molecular weight excluding hydrogens is 392 g/mol. The summed E-state index contributed by atoms with van der Waals surface area (Å²) >= 11 is 1.67. The summed E-state index contributed by atoms with van der Waals surface area (Å²) in [5.74, 6) is -0.300. The third-order valence-corrected chi connectivity index (χ3v) is 6.07. The van der Waals surface area contributed by atoms with Gasteiger partial charge in [-0.2, -0.15) is 11.3 Å². The Kier molecular flexibility index (Phi) is 5.74. The Morgan fingerprint density at radius 1 is 1.31 bits per heavy atom. The van der Waals surface area contributed by atoms with Crippen molar-refractivity contribution in [1.82, 2.24) is 24.8 Å². The van der Waals surface area contributed by atoms with Crippen LogP contribution in [-0.4, -0.2) is 60.9 Å². The van der Waals surface area contributed by atoms with E-state index in [2.05, 4.69) is 42.4 Å². The van der Waals surface area contributed by atoms with Crippen molar-refractivity contribution < 1.29 is 15.0 Å². The van der Waals surface area contributed by atoms with E-state index < -0.39 is 24.2 Å². The van der Waals surface area contributed by atoms with Crippen LogP contribution in [0, 0.1) is 5.92 Å². The van der Waals surface area contributed by atoms with E-state index in [1.54, 1.807) is 22.2 Å². The largest absolute Gasteiger partial charge is 0.390 e. The van der Waals surface area contributed by atoms with Gasteiger partial charge in [-0.25, -0.2) is 15.0 Å². The molecule has 154 valence electrons. The van der Waals surface area contributed by atoms with Gasteiger partial charge in [-0.15, -0.1) is 0 Å². The summed E-state index contributed by atoms with van der Waals surface area (Å²) in [6.45, 7) is 3.00. The zero-order valence-electron chi connectivity index (χ0n) is 16.0. The van der Waals surface area contributed by atoms with Crippen LogP contribution in [0.25, 0.3) is 11.2 Å². The van der Waals surface area contributed by atoms with Gasteiger partial charge >= 0.3 is 0 Å². The van der Waals surface area contributed by atoms with Gasteiger partial charge in [-0.05, 0) is 42.2 Å². The van der Waals surface area contributed by atoms with Crippen LogP contribution in [0.15, 0.2) is 29.5 Å². The predicted octanol–water partition coefficient (Wildman–Crippen LogP) is 0.961. The van der Waals surface area contributed by atoms with E-state index in [4.69, 9.17) is 0 Å². The molecule has 0 bridgehead atoms. The minimum atomic E-state index is -1.13. The van der Waals surface area contributed by atoms with E-state index in [9.17, 15) is 15.0 Å². The number of nitrogens with one attached hydrogen (secondary N) is 2. The molecule has 1 amide bonds. The van der Waals surface area contributed by atoms with Gasteiger partial charge in [0.25, 0.3) is 0 Å². The van der Waals surface area contributed by atoms with Crippen LogP contribution in [0.2, 0.25) is 0 Å². The Bertz CT molecular complexity index is 976. The number of hydrogen-bond acceptors (Lipinski definition) is 8. The molecule has 0 aliphatic heterocycles. The lowest BCUT2D eigenvalue weighted by molar-refractivity contribution is -0.128. The van der Waals surface area contributed by atoms with Gasteiger partial charge in [0.05, 0.1) is 24.4 Å². The number of anilines is 1. The fourth-order valence-electron chi connectivity index (χ4n) is 3.83. The summed E-state index contributed by atoms with van der Waals surface area (Å²) in [6.07, 6.45) is 2.01. The number of rotatable bonds is 7. The second-order valence-electron chi connectivity index (χ2n) is 7.14. The van der Waals surface area contributed by atoms with Gasteiger partial charge in [0.2, 0.25) is 5.91 Å². The summed E-state index contributed by atoms with van der Waals surface area (Å²) in [6, 6.07) is 1.60. The van der Waals surface area contributed by atoms with Crippen molar-refractivity contribution in [3.8, 4) is 0 Å². The van der Waals surface area contributed by atoms with Crippen molar-refractivity contribution in [2.75, 3.05) is 18.4 Å². The average Bonchev–Trinajstić information content (AvgIpc) is 3.43. The van der Waals surface area contributed by atoms with Crippen LogP contribution in [0.1, 0.15) is 24.9 Å². The van der Waals surface area contributed by atoms with E-state index in [1.807, 2.05) is 6.92 Å². The van der Waals surface area contributed by atoms with E-state index in [1.165, 1.54) is 11.9 Å². The minimum Gasteiger partial charge on any atom is -0.390 e. The van der Waals surface area contributed by atoms with Gasteiger partial charge in [-0.3, -0.25) is 4.79 Å². The number of aliphatic hydroxyl groups excluding tert-OH is 2. The van der Waals surface area contributed by atoms with Crippen LogP contribution in [-0.2, 0) is 11.2 Å². The minimum absolute atomic E-state index is 0.253. The van der Waals surface area contributed by atoms with E-state index >= 15 is 0 Å². The van der Waals surface area contributed by atoms with Crippen molar-refractivity contribution in [2.45, 2.75) is 38.0 Å². The lowest BCUT2D eigenvalue weighted by Crippen LogP contribution is -2.38. The lowest BCUT2D eigenvalue weighted by atomic mass is 10.0. The normalized spacial score (nSPS) is 24.1. The second kappa shape index (κ2) is 8.44. The highest BCUT2D eigenvalue weighted by molar-refractivity contribution is 7.07. The first-order valence-corrected chi connectivity index (χ1v) is 10.6. The molecule has 0 unspecified atom stereocenters. The molecule has 10 heteroatoms. The van der Waals surface area contributed by atoms with E-state index in [0.29, 0.717) is 36.5 Å². The van der Waals surface area contributed by atoms with Gasteiger partial charge in [0.1, 0.15) is 17.9 Å². The van der Waals surface area contributed by atoms with Crippen molar-refractivity contribution in [3.05, 3.63) is 35.0 Å². The number of fused-ring (bicyclic) bond motifs is 1. The SMILES string of the molecule is CCNC(=O)[C@@H]1C[C@H](n2cnc3c(NCCc4ccsc4)ncnc32)[C@@H](O)[C@H]1O. The predicted molar refractivity (Wildman–Crippen MR) is 110 cm³/mol. The van der Waals surface area contributed by atoms with Gasteiger partial charge in [0, 0.05) is 13.1 Å². The van der Waals surface area contributed by atoms with Crippen LogP contribution in [0.3, 0.4) is 0 Å². The van der Waals surface area contributed by atoms with Crippen molar-refractivity contribution in [2.24, 2.45) is 5.92 Å². The Morgan fingerprint density at radius 3 is 2.93 bits per heavy atom. The number of aromatic nitrogens is 4. The smallest absolute Gasteiger partial charge is 0.225 e. The standard InChI is InChI=1S/C19H24N6O3S/c1-2-20-19(28)12-7-13(16(27)15(12)26)25-10-24-14-17(22-9-23-18(14)25)21-5-3-11-4-6-29-8-11/h4,6,8-10,12-13,15-16,26-27H,2-3,5,7H2,1H3,(H,20,28)(H,21,22,23)/t12-,13+,15+,16-/m1/s1. The van der Waals surface area contributed by atoms with Crippen molar-refractivity contribution in [1.29, 1.82) is 0 Å². The maximum absolute atomic E-state index is 12.2. The Hall–Kier alpha value is -2.56. The number of amides is 1. The lowest BCUT2D eigenvalue weighted by Gasteiger charge is -2.18. The molecule has 1 aliphatic carbocycles. The van der Waals surface area contributed by atoms with Crippen LogP contribution >= 0.6 is 11.3 Å². The summed E-state index contributed by atoms with van der Waals surface area (Å²) in [5.41, 5.74) is 2.42. The third-order valence-electron chi connectivity index (χ3n) is 5.34. The molecule has 0 radical (unpaired) electrons. The Labute approximate surface area is 171 Å². The Balaban J connectivity index is 1.53. The number of imidazole rings is 1. The second-order valence-corrected chi connectivity index (χ2v) is 7.92. The molecule has 1 aliphatic rings. The molecule has 4 rings (SSSR count). The highest BCUT2D eigenvalue weighted by Crippen LogP contribution is 2.37. The summed E-state index contributed by atoms with van der Waals surface area (Å²) < 4.78 is 1.73. The number of carbonyl (C=O) groups is 1. The fraction of sp³-hybridized carbons (Fsp3) is 0.474. The molecule has 9 nitrogen and oxygen atoms in total. The van der Waals surface area contributed by atoms with Gasteiger partial charge in [-0.1, -0.05) is 0 Å². The van der Waals surface area contributed by atoms with E-state index in [-0.39, 0.29) is 5.91 Å². The van der Waals surface area contributed by atoms with Crippen LogP contribution < -0.4 is 10.6 Å². The molecule has 1 fully saturated rings. The molecule has 3 heterocycles. The van der Waals surface area contributed by atoms with Gasteiger partial charge < -0.3 is 25.4 Å². The molecule has 0 aromatic carbocycles. The molecule has 4 atom stereocenters. The molecule has 29 heavy (non-hydrogen) atoms. The fourth-order valence-corrected chi connectivity index (χ4v) is 4.54. The number of hydrogen-bond donors (Lipinski definition) is 4. The maximum Gasteiger partial charge on any atom is 0.225 e. The van der Waals surface area contributed by atoms with Gasteiger partial charge in [0.15, 0.2) is 11.5 Å². The monoisotopic (exact) mass is 416 g/mol. The van der Waals surface area contributed by atoms with Crippen LogP contribution in [0.5, 0.6) is 0 Å². The zero-order valence-corrected chi connectivity index (χ0v) is 16.8. The number of thiophene rings is 1. The summed E-state index contributed by atoms with van der Waals surface area (Å²) in [7, 11) is 0. The first kappa shape index (κ1) is 19.7. The zero-order chi connectivity index (χ0) is 20.4. The maximum atomic E-state index is 12.2. The molecule has 4 N–H and O–H groups in total. The molecule has 3 aromatic rings. The average molecular weight is 417 g/mol. The summed E-state index contributed by atoms with van der Waals surface area (Å²) in [5, 5.41) is 31.1. The molecule has 1 saturated carbocycles.